The summed E-state index contributed by atoms with van der Waals surface area (Å²) in [5.41, 5.74) is 2.87. The van der Waals surface area contributed by atoms with Crippen molar-refractivity contribution >= 4 is 47.4 Å². The second-order valence-corrected chi connectivity index (χ2v) is 15.2. The highest BCUT2D eigenvalue weighted by molar-refractivity contribution is 6.35. The van der Waals surface area contributed by atoms with Crippen LogP contribution in [0.2, 0.25) is 10.0 Å². The first-order valence-corrected chi connectivity index (χ1v) is 19.6. The van der Waals surface area contributed by atoms with E-state index in [2.05, 4.69) is 4.90 Å². The fraction of sp³-hybridized carbons (Fsp3) is 0.381. The predicted octanol–water partition coefficient (Wildman–Crippen LogP) is 8.02. The zero-order chi connectivity index (χ0) is 41.2. The van der Waals surface area contributed by atoms with Gasteiger partial charge in [-0.05, 0) is 91.6 Å². The molecule has 16 heteroatoms. The van der Waals surface area contributed by atoms with Crippen LogP contribution in [0.25, 0.3) is 0 Å². The van der Waals surface area contributed by atoms with Crippen molar-refractivity contribution < 1.29 is 51.9 Å². The third-order valence-electron chi connectivity index (χ3n) is 10.3. The molecule has 3 aliphatic heterocycles. The summed E-state index contributed by atoms with van der Waals surface area (Å²) >= 11 is 12.8. The lowest BCUT2D eigenvalue weighted by molar-refractivity contribution is -0.605. The van der Waals surface area contributed by atoms with Gasteiger partial charge >= 0.3 is 18.7 Å². The van der Waals surface area contributed by atoms with Gasteiger partial charge in [0.25, 0.3) is 6.47 Å². The highest BCUT2D eigenvalue weighted by Gasteiger charge is 2.37. The normalized spacial score (nSPS) is 18.7. The van der Waals surface area contributed by atoms with Crippen LogP contribution >= 0.6 is 23.2 Å². The highest BCUT2D eigenvalue weighted by Crippen LogP contribution is 2.38. The molecule has 3 saturated heterocycles. The first-order valence-electron chi connectivity index (χ1n) is 18.9. The van der Waals surface area contributed by atoms with Gasteiger partial charge in [-0.1, -0.05) is 71.7 Å². The highest BCUT2D eigenvalue weighted by atomic mass is 35.5. The van der Waals surface area contributed by atoms with E-state index in [4.69, 9.17) is 52.1 Å². The van der Waals surface area contributed by atoms with Crippen LogP contribution in [-0.2, 0) is 38.4 Å². The molecule has 4 fully saturated rings. The second kappa shape index (κ2) is 20.0. The standard InChI is InChI=1S/C41H41Cl2F2N3O7.CH2O2/c42-33-22-47(51)23-34(43)32(33)20-36(30-11-12-35(54-40(44)45)37(19-30)52-25-26-9-10-26)53-39(49)18-27-5-4-6-28(17-27)21-48(31-7-2-1-3-8-31)41(50)55-38-24-46-15-13-29(38)14-16-46;2-1-3/h1-8,11-12,17,19,22-23,26,29,36,38,40H,9-10,13-16,18,20-21,24-25H2;1H,(H,2,3)/t36?,38-;/m0./s1. The third kappa shape index (κ3) is 11.7. The molecule has 1 aromatic heterocycles. The van der Waals surface area contributed by atoms with Crippen LogP contribution in [0, 0.1) is 17.0 Å². The summed E-state index contributed by atoms with van der Waals surface area (Å²) < 4.78 is 49.8. The fourth-order valence-corrected chi connectivity index (χ4v) is 7.75. The van der Waals surface area contributed by atoms with Gasteiger partial charge in [0, 0.05) is 24.2 Å². The monoisotopic (exact) mass is 841 g/mol. The van der Waals surface area contributed by atoms with Gasteiger partial charge in [-0.15, -0.1) is 0 Å². The SMILES string of the molecule is O=C(Cc1cccc(CN(C(=O)O[C@H]2CN3CCC2CC3)c2ccccc2)c1)OC(Cc1c(Cl)c[n+]([O-])cc1Cl)c1ccc(OC(F)F)c(OCC2CC2)c1.O=CO. The van der Waals surface area contributed by atoms with E-state index >= 15 is 0 Å². The van der Waals surface area contributed by atoms with Gasteiger partial charge in [0.2, 0.25) is 0 Å². The van der Waals surface area contributed by atoms with Gasteiger partial charge in [-0.3, -0.25) is 19.4 Å². The van der Waals surface area contributed by atoms with Gasteiger partial charge in [0.1, 0.15) is 22.3 Å². The van der Waals surface area contributed by atoms with Crippen LogP contribution in [-0.4, -0.2) is 67.5 Å². The molecular weight excluding hydrogens is 799 g/mol. The number of nitrogens with zero attached hydrogens (tertiary/aromatic N) is 3. The number of amides is 1. The number of fused-ring (bicyclic) bond motifs is 3. The number of ether oxygens (including phenoxy) is 4. The zero-order valence-corrected chi connectivity index (χ0v) is 32.9. The number of anilines is 1. The molecule has 4 heterocycles. The number of hydrogen-bond acceptors (Lipinski definition) is 9. The van der Waals surface area contributed by atoms with Gasteiger partial charge in [0.15, 0.2) is 23.9 Å². The van der Waals surface area contributed by atoms with Crippen molar-refractivity contribution in [3.8, 4) is 11.5 Å². The molecule has 2 atom stereocenters. The average Bonchev–Trinajstić information content (AvgIpc) is 4.03. The van der Waals surface area contributed by atoms with Gasteiger partial charge < -0.3 is 29.3 Å². The molecule has 1 N–H and O–H groups in total. The number of halogens is 4. The van der Waals surface area contributed by atoms with E-state index in [1.807, 2.05) is 48.5 Å². The van der Waals surface area contributed by atoms with Crippen LogP contribution < -0.4 is 19.1 Å². The predicted molar refractivity (Wildman–Crippen MR) is 210 cm³/mol. The Morgan fingerprint density at radius 2 is 1.64 bits per heavy atom. The minimum Gasteiger partial charge on any atom is -0.619 e. The van der Waals surface area contributed by atoms with Crippen LogP contribution in [0.15, 0.2) is 85.2 Å². The molecule has 12 nitrogen and oxygen atoms in total. The molecule has 1 unspecified atom stereocenters. The molecule has 4 aliphatic rings. The van der Waals surface area contributed by atoms with Crippen molar-refractivity contribution in [3.63, 3.8) is 0 Å². The maximum atomic E-state index is 13.7. The summed E-state index contributed by atoms with van der Waals surface area (Å²) in [5, 5.41) is 19.0. The minimum absolute atomic E-state index is 0.0326. The number of carbonyl (C=O) groups excluding carboxylic acids is 2. The minimum atomic E-state index is -3.07. The van der Waals surface area contributed by atoms with Crippen molar-refractivity contribution in [2.24, 2.45) is 11.8 Å². The smallest absolute Gasteiger partial charge is 0.414 e. The Morgan fingerprint density at radius 3 is 2.28 bits per heavy atom. The van der Waals surface area contributed by atoms with Crippen molar-refractivity contribution in [2.45, 2.75) is 63.9 Å². The van der Waals surface area contributed by atoms with E-state index in [-0.39, 0.29) is 53.5 Å². The lowest BCUT2D eigenvalue weighted by atomic mass is 9.86. The van der Waals surface area contributed by atoms with Crippen molar-refractivity contribution in [1.29, 1.82) is 0 Å². The first-order chi connectivity index (χ1) is 28.0. The molecule has 3 aromatic carbocycles. The van der Waals surface area contributed by atoms with E-state index in [0.717, 1.165) is 63.3 Å². The molecule has 2 bridgehead atoms. The molecule has 1 amide bonds. The molecule has 8 rings (SSSR count). The topological polar surface area (TPSA) is 142 Å². The number of piperidine rings is 3. The summed E-state index contributed by atoms with van der Waals surface area (Å²) in [6.07, 6.45) is 4.51. The Balaban J connectivity index is 0.00000183. The van der Waals surface area contributed by atoms with E-state index in [1.165, 1.54) is 18.2 Å². The van der Waals surface area contributed by atoms with E-state index in [1.54, 1.807) is 11.0 Å². The molecule has 308 valence electrons. The Kier molecular flexibility index (Phi) is 14.6. The molecule has 0 radical (unpaired) electrons. The lowest BCUT2D eigenvalue weighted by Crippen LogP contribution is -2.53. The molecule has 58 heavy (non-hydrogen) atoms. The van der Waals surface area contributed by atoms with Crippen LogP contribution in [0.5, 0.6) is 11.5 Å². The first kappa shape index (κ1) is 42.4. The molecule has 0 spiro atoms. The van der Waals surface area contributed by atoms with Crippen molar-refractivity contribution in [3.05, 3.63) is 123 Å². The summed E-state index contributed by atoms with van der Waals surface area (Å²) in [6, 6.07) is 21.0. The second-order valence-electron chi connectivity index (χ2n) is 14.4. The number of pyridine rings is 1. The van der Waals surface area contributed by atoms with Crippen LogP contribution in [0.3, 0.4) is 0 Å². The number of carboxylic acid groups (broad SMARTS) is 1. The quantitative estimate of drug-likeness (QED) is 0.0541. The number of benzene rings is 3. The lowest BCUT2D eigenvalue weighted by Gasteiger charge is -2.44. The third-order valence-corrected chi connectivity index (χ3v) is 10.9. The Bertz CT molecular complexity index is 2010. The number of rotatable bonds is 15. The van der Waals surface area contributed by atoms with E-state index < -0.39 is 24.8 Å². The summed E-state index contributed by atoms with van der Waals surface area (Å²) in [4.78, 5) is 39.7. The maximum absolute atomic E-state index is 13.7. The maximum Gasteiger partial charge on any atom is 0.414 e. The van der Waals surface area contributed by atoms with Crippen molar-refractivity contribution in [2.75, 3.05) is 31.1 Å². The Morgan fingerprint density at radius 1 is 0.948 bits per heavy atom. The Hall–Kier alpha value is -5.18. The van der Waals surface area contributed by atoms with Gasteiger partial charge in [-0.25, -0.2) is 4.79 Å². The van der Waals surface area contributed by atoms with Crippen LogP contribution in [0.4, 0.5) is 19.3 Å². The molecular formula is C42H43Cl2F2N3O9. The van der Waals surface area contributed by atoms with E-state index in [9.17, 15) is 23.6 Å². The molecule has 1 saturated carbocycles. The number of hydrogen-bond donors (Lipinski definition) is 1. The number of para-hydroxylation sites is 1. The van der Waals surface area contributed by atoms with Gasteiger partial charge in [-0.2, -0.15) is 13.5 Å². The summed E-state index contributed by atoms with van der Waals surface area (Å²) in [5.74, 6) is 0.00764. The summed E-state index contributed by atoms with van der Waals surface area (Å²) in [6.45, 7) is 0.00547. The largest absolute Gasteiger partial charge is 0.619 e. The van der Waals surface area contributed by atoms with E-state index in [0.29, 0.717) is 45.6 Å². The van der Waals surface area contributed by atoms with Crippen LogP contribution in [0.1, 0.15) is 54.0 Å². The number of esters is 1. The fourth-order valence-electron chi connectivity index (χ4n) is 7.16. The number of alkyl halides is 2. The van der Waals surface area contributed by atoms with Crippen molar-refractivity contribution in [1.82, 2.24) is 4.90 Å². The Labute approximate surface area is 344 Å². The number of aromatic nitrogens is 1. The zero-order valence-electron chi connectivity index (χ0n) is 31.4. The molecule has 4 aromatic rings. The van der Waals surface area contributed by atoms with Gasteiger partial charge in [0.05, 0.1) is 19.6 Å². The summed E-state index contributed by atoms with van der Waals surface area (Å²) in [7, 11) is 0. The average molecular weight is 843 g/mol. The number of carbonyl (C=O) groups is 3. The molecule has 1 aliphatic carbocycles.